The highest BCUT2D eigenvalue weighted by molar-refractivity contribution is 5.82. The fourth-order valence-electron chi connectivity index (χ4n) is 3.23. The first kappa shape index (κ1) is 17.4. The van der Waals surface area contributed by atoms with Crippen molar-refractivity contribution in [1.29, 1.82) is 0 Å². The van der Waals surface area contributed by atoms with Gasteiger partial charge < -0.3 is 24.4 Å². The zero-order chi connectivity index (χ0) is 17.8. The molecule has 1 saturated heterocycles. The summed E-state index contributed by atoms with van der Waals surface area (Å²) in [5.41, 5.74) is 1.05. The van der Waals surface area contributed by atoms with Gasteiger partial charge in [-0.3, -0.25) is 4.79 Å². The van der Waals surface area contributed by atoms with Crippen molar-refractivity contribution in [1.82, 2.24) is 10.2 Å². The van der Waals surface area contributed by atoms with E-state index >= 15 is 0 Å². The Bertz CT molecular complexity index is 662. The normalized spacial score (nSPS) is 22.2. The Balaban J connectivity index is 1.70. The molecule has 7 nitrogen and oxygen atoms in total. The van der Waals surface area contributed by atoms with E-state index in [0.29, 0.717) is 13.1 Å². The lowest BCUT2D eigenvalue weighted by Crippen LogP contribution is -2.40. The molecule has 0 aromatic heterocycles. The minimum atomic E-state index is -0.151. The van der Waals surface area contributed by atoms with Gasteiger partial charge in [0.15, 0.2) is 17.5 Å². The van der Waals surface area contributed by atoms with E-state index in [1.807, 2.05) is 25.1 Å². The molecule has 1 fully saturated rings. The van der Waals surface area contributed by atoms with E-state index < -0.39 is 0 Å². The molecule has 7 heteroatoms. The third-order valence-electron chi connectivity index (χ3n) is 4.60. The molecular weight excluding hydrogens is 322 g/mol. The Morgan fingerprint density at radius 3 is 2.92 bits per heavy atom. The number of ether oxygens (including phenoxy) is 3. The highest BCUT2D eigenvalue weighted by Crippen LogP contribution is 2.32. The summed E-state index contributed by atoms with van der Waals surface area (Å²) in [6, 6.07) is 5.86. The van der Waals surface area contributed by atoms with Crippen LogP contribution >= 0.6 is 0 Å². The topological polar surface area (TPSA) is 72.4 Å². The van der Waals surface area contributed by atoms with Gasteiger partial charge >= 0.3 is 5.97 Å². The highest BCUT2D eigenvalue weighted by Gasteiger charge is 2.36. The molecule has 1 N–H and O–H groups in total. The molecule has 2 unspecified atom stereocenters. The number of hydrogen-bond acceptors (Lipinski definition) is 5. The molecule has 0 bridgehead atoms. The van der Waals surface area contributed by atoms with Crippen molar-refractivity contribution in [3.05, 3.63) is 23.8 Å². The fraction of sp³-hybridized carbons (Fsp3) is 0.556. The Labute approximate surface area is 148 Å². The number of benzene rings is 1. The summed E-state index contributed by atoms with van der Waals surface area (Å²) in [5.74, 6) is 2.33. The van der Waals surface area contributed by atoms with Crippen molar-refractivity contribution in [2.75, 3.05) is 33.5 Å². The van der Waals surface area contributed by atoms with Gasteiger partial charge in [-0.05, 0) is 30.5 Å². The largest absolute Gasteiger partial charge is 0.469 e. The molecule has 2 heterocycles. The van der Waals surface area contributed by atoms with Crippen molar-refractivity contribution in [3.8, 4) is 11.5 Å². The summed E-state index contributed by atoms with van der Waals surface area (Å²) in [4.78, 5) is 18.8. The molecule has 0 spiro atoms. The number of hydrogen-bond donors (Lipinski definition) is 1. The van der Waals surface area contributed by atoms with Crippen LogP contribution in [-0.2, 0) is 16.1 Å². The molecule has 1 aromatic rings. The number of likely N-dealkylation sites (tertiary alicyclic amines) is 1. The van der Waals surface area contributed by atoms with Crippen molar-refractivity contribution in [2.45, 2.75) is 20.4 Å². The van der Waals surface area contributed by atoms with E-state index in [1.165, 1.54) is 7.11 Å². The number of carbonyl (C=O) groups is 1. The molecule has 3 rings (SSSR count). The first-order chi connectivity index (χ1) is 12.1. The van der Waals surface area contributed by atoms with Crippen LogP contribution in [0, 0.1) is 11.8 Å². The smallest absolute Gasteiger partial charge is 0.310 e. The molecule has 25 heavy (non-hydrogen) atoms. The van der Waals surface area contributed by atoms with Crippen LogP contribution in [-0.4, -0.2) is 50.4 Å². The Hall–Kier alpha value is -2.44. The Morgan fingerprint density at radius 1 is 1.36 bits per heavy atom. The predicted octanol–water partition coefficient (Wildman–Crippen LogP) is 1.62. The summed E-state index contributed by atoms with van der Waals surface area (Å²) < 4.78 is 15.7. The van der Waals surface area contributed by atoms with Crippen LogP contribution in [0.3, 0.4) is 0 Å². The van der Waals surface area contributed by atoms with E-state index in [4.69, 9.17) is 19.2 Å². The molecule has 1 aromatic carbocycles. The Morgan fingerprint density at radius 2 is 2.16 bits per heavy atom. The van der Waals surface area contributed by atoms with Crippen LogP contribution in [0.25, 0.3) is 0 Å². The van der Waals surface area contributed by atoms with Crippen LogP contribution < -0.4 is 14.8 Å². The number of carbonyl (C=O) groups excluding carboxylic acids is 1. The molecule has 2 atom stereocenters. The van der Waals surface area contributed by atoms with Gasteiger partial charge in [-0.25, -0.2) is 4.99 Å². The fourth-order valence-corrected chi connectivity index (χ4v) is 3.23. The number of guanidine groups is 1. The maximum atomic E-state index is 11.9. The van der Waals surface area contributed by atoms with Gasteiger partial charge in [-0.2, -0.15) is 0 Å². The van der Waals surface area contributed by atoms with Crippen LogP contribution in [0.1, 0.15) is 19.4 Å². The van der Waals surface area contributed by atoms with Gasteiger partial charge in [0.05, 0.1) is 19.6 Å². The minimum Gasteiger partial charge on any atom is -0.469 e. The van der Waals surface area contributed by atoms with Crippen LogP contribution in [0.15, 0.2) is 23.2 Å². The molecule has 2 aliphatic heterocycles. The average Bonchev–Trinajstić information content (AvgIpc) is 3.23. The molecule has 0 radical (unpaired) electrons. The first-order valence-electron chi connectivity index (χ1n) is 8.62. The number of nitrogens with one attached hydrogen (secondary N) is 1. The summed E-state index contributed by atoms with van der Waals surface area (Å²) in [6.45, 7) is 7.09. The van der Waals surface area contributed by atoms with Gasteiger partial charge in [-0.1, -0.05) is 13.0 Å². The van der Waals surface area contributed by atoms with Gasteiger partial charge in [-0.15, -0.1) is 0 Å². The van der Waals surface area contributed by atoms with Crippen molar-refractivity contribution in [3.63, 3.8) is 0 Å². The zero-order valence-corrected chi connectivity index (χ0v) is 14.9. The van der Waals surface area contributed by atoms with Crippen LogP contribution in [0.2, 0.25) is 0 Å². The SMILES string of the molecule is CCNC(=NCc1ccc2c(c1)OCO2)N1CC(C)C(C(=O)OC)C1. The number of nitrogens with zero attached hydrogens (tertiary/aromatic N) is 2. The second-order valence-electron chi connectivity index (χ2n) is 6.37. The molecular formula is C18H25N3O4. The molecule has 136 valence electrons. The van der Waals surface area contributed by atoms with Gasteiger partial charge in [0.25, 0.3) is 0 Å². The molecule has 0 saturated carbocycles. The standard InChI is InChI=1S/C18H25N3O4/c1-4-19-18(21-9-12(2)14(10-21)17(22)23-3)20-8-13-5-6-15-16(7-13)25-11-24-15/h5-7,12,14H,4,8-11H2,1-3H3,(H,19,20). The summed E-state index contributed by atoms with van der Waals surface area (Å²) in [5, 5.41) is 3.31. The quantitative estimate of drug-likeness (QED) is 0.507. The average molecular weight is 347 g/mol. The second-order valence-corrected chi connectivity index (χ2v) is 6.37. The third-order valence-corrected chi connectivity index (χ3v) is 4.60. The third kappa shape index (κ3) is 3.81. The van der Waals surface area contributed by atoms with Gasteiger partial charge in [0.1, 0.15) is 0 Å². The second kappa shape index (κ2) is 7.63. The lowest BCUT2D eigenvalue weighted by atomic mass is 9.99. The molecule has 0 amide bonds. The monoisotopic (exact) mass is 347 g/mol. The zero-order valence-electron chi connectivity index (χ0n) is 14.9. The van der Waals surface area contributed by atoms with Crippen molar-refractivity contribution in [2.24, 2.45) is 16.8 Å². The Kier molecular flexibility index (Phi) is 5.31. The van der Waals surface area contributed by atoms with E-state index in [1.54, 1.807) is 0 Å². The van der Waals surface area contributed by atoms with E-state index in [2.05, 4.69) is 17.1 Å². The van der Waals surface area contributed by atoms with Crippen molar-refractivity contribution < 1.29 is 19.0 Å². The number of esters is 1. The van der Waals surface area contributed by atoms with Gasteiger partial charge in [0.2, 0.25) is 6.79 Å². The van der Waals surface area contributed by atoms with E-state index in [0.717, 1.165) is 36.1 Å². The maximum Gasteiger partial charge on any atom is 0.310 e. The predicted molar refractivity (Wildman–Crippen MR) is 93.6 cm³/mol. The summed E-state index contributed by atoms with van der Waals surface area (Å²) in [6.07, 6.45) is 0. The number of aliphatic imine (C=N–C) groups is 1. The van der Waals surface area contributed by atoms with E-state index in [9.17, 15) is 4.79 Å². The minimum absolute atomic E-state index is 0.112. The van der Waals surface area contributed by atoms with Crippen LogP contribution in [0.4, 0.5) is 0 Å². The summed E-state index contributed by atoms with van der Waals surface area (Å²) >= 11 is 0. The maximum absolute atomic E-state index is 11.9. The summed E-state index contributed by atoms with van der Waals surface area (Å²) in [7, 11) is 1.44. The van der Waals surface area contributed by atoms with E-state index in [-0.39, 0.29) is 24.6 Å². The van der Waals surface area contributed by atoms with Crippen LogP contribution in [0.5, 0.6) is 11.5 Å². The molecule has 2 aliphatic rings. The lowest BCUT2D eigenvalue weighted by molar-refractivity contribution is -0.145. The first-order valence-corrected chi connectivity index (χ1v) is 8.62. The van der Waals surface area contributed by atoms with Gasteiger partial charge in [0, 0.05) is 19.6 Å². The highest BCUT2D eigenvalue weighted by atomic mass is 16.7. The number of rotatable bonds is 4. The number of methoxy groups -OCH3 is 1. The van der Waals surface area contributed by atoms with Crippen molar-refractivity contribution >= 4 is 11.9 Å². The lowest BCUT2D eigenvalue weighted by Gasteiger charge is -2.21. The number of fused-ring (bicyclic) bond motifs is 1. The molecule has 0 aliphatic carbocycles.